The largest absolute Gasteiger partial charge is 0.497 e. The van der Waals surface area contributed by atoms with E-state index in [1.54, 1.807) is 33.3 Å². The fraction of sp³-hybridized carbons (Fsp3) is 0.158. The Balaban J connectivity index is 1.81. The highest BCUT2D eigenvalue weighted by molar-refractivity contribution is 7.14. The first-order valence-corrected chi connectivity index (χ1v) is 9.13. The van der Waals surface area contributed by atoms with Crippen molar-refractivity contribution in [1.29, 1.82) is 0 Å². The number of non-ortho nitro benzene ring substituents is 1. The number of nitrogens with one attached hydrogen (secondary N) is 1. The smallest absolute Gasteiger partial charge is 0.270 e. The number of nitro groups is 1. The highest BCUT2D eigenvalue weighted by Crippen LogP contribution is 2.35. The standard InChI is InChI=1S/C19H18N4O4S/c1-12(13-5-4-6-14(9-13)23(24)25)21-22-19-20-17(11-28-19)16-10-15(26-2)7-8-18(16)27-3/h4-11H,1-3H3,(H,20,22)/b21-12+. The van der Waals surface area contributed by atoms with Crippen molar-refractivity contribution in [3.05, 3.63) is 63.5 Å². The van der Waals surface area contributed by atoms with E-state index in [9.17, 15) is 10.1 Å². The van der Waals surface area contributed by atoms with Crippen LogP contribution in [0.3, 0.4) is 0 Å². The number of thiazole rings is 1. The summed E-state index contributed by atoms with van der Waals surface area (Å²) in [6.07, 6.45) is 0. The second kappa shape index (κ2) is 8.49. The number of anilines is 1. The predicted octanol–water partition coefficient (Wildman–Crippen LogP) is 4.57. The molecule has 0 aliphatic rings. The molecule has 0 spiro atoms. The van der Waals surface area contributed by atoms with Crippen LogP contribution in [0.2, 0.25) is 0 Å². The third kappa shape index (κ3) is 4.26. The Hall–Kier alpha value is -3.46. The van der Waals surface area contributed by atoms with E-state index in [0.29, 0.717) is 27.9 Å². The van der Waals surface area contributed by atoms with Gasteiger partial charge in [0.1, 0.15) is 11.5 Å². The van der Waals surface area contributed by atoms with Crippen LogP contribution in [0.1, 0.15) is 12.5 Å². The molecule has 0 aliphatic carbocycles. The number of nitro benzene ring substituents is 1. The van der Waals surface area contributed by atoms with Gasteiger partial charge in [-0.2, -0.15) is 5.10 Å². The van der Waals surface area contributed by atoms with Crippen LogP contribution < -0.4 is 14.9 Å². The van der Waals surface area contributed by atoms with Crippen LogP contribution in [-0.2, 0) is 0 Å². The summed E-state index contributed by atoms with van der Waals surface area (Å²) in [5, 5.41) is 17.7. The first kappa shape index (κ1) is 19.3. The summed E-state index contributed by atoms with van der Waals surface area (Å²) in [5.74, 6) is 1.40. The maximum absolute atomic E-state index is 10.9. The molecule has 0 saturated heterocycles. The molecule has 1 heterocycles. The summed E-state index contributed by atoms with van der Waals surface area (Å²) in [6, 6.07) is 11.8. The van der Waals surface area contributed by atoms with Gasteiger partial charge in [0.2, 0.25) is 5.13 Å². The van der Waals surface area contributed by atoms with Crippen LogP contribution in [0.15, 0.2) is 52.9 Å². The van der Waals surface area contributed by atoms with Gasteiger partial charge >= 0.3 is 0 Å². The van der Waals surface area contributed by atoms with E-state index < -0.39 is 4.92 Å². The summed E-state index contributed by atoms with van der Waals surface area (Å²) >= 11 is 1.39. The van der Waals surface area contributed by atoms with Gasteiger partial charge in [-0.3, -0.25) is 15.5 Å². The van der Waals surface area contributed by atoms with Gasteiger partial charge in [0.15, 0.2) is 0 Å². The molecule has 1 aromatic heterocycles. The van der Waals surface area contributed by atoms with Gasteiger partial charge < -0.3 is 9.47 Å². The van der Waals surface area contributed by atoms with Gasteiger partial charge in [-0.05, 0) is 25.1 Å². The third-order valence-electron chi connectivity index (χ3n) is 3.98. The number of hydrogen-bond acceptors (Lipinski definition) is 8. The molecule has 9 heteroatoms. The molecule has 2 aromatic carbocycles. The molecule has 8 nitrogen and oxygen atoms in total. The van der Waals surface area contributed by atoms with Gasteiger partial charge in [-0.15, -0.1) is 11.3 Å². The minimum atomic E-state index is -0.432. The van der Waals surface area contributed by atoms with Crippen LogP contribution in [0.5, 0.6) is 11.5 Å². The normalized spacial score (nSPS) is 11.2. The molecule has 28 heavy (non-hydrogen) atoms. The summed E-state index contributed by atoms with van der Waals surface area (Å²) in [4.78, 5) is 15.0. The molecule has 0 fully saturated rings. The molecule has 0 unspecified atom stereocenters. The van der Waals surface area contributed by atoms with Crippen LogP contribution >= 0.6 is 11.3 Å². The molecule has 0 saturated carbocycles. The topological polar surface area (TPSA) is 98.9 Å². The van der Waals surface area contributed by atoms with Gasteiger partial charge in [0.25, 0.3) is 5.69 Å². The molecule has 1 N–H and O–H groups in total. The van der Waals surface area contributed by atoms with Crippen molar-refractivity contribution < 1.29 is 14.4 Å². The number of ether oxygens (including phenoxy) is 2. The van der Waals surface area contributed by atoms with Crippen molar-refractivity contribution >= 4 is 27.9 Å². The number of rotatable bonds is 7. The number of aromatic nitrogens is 1. The molecule has 0 bridgehead atoms. The zero-order valence-electron chi connectivity index (χ0n) is 15.5. The monoisotopic (exact) mass is 398 g/mol. The van der Waals surface area contributed by atoms with Crippen molar-refractivity contribution in [2.24, 2.45) is 5.10 Å². The summed E-state index contributed by atoms with van der Waals surface area (Å²) in [6.45, 7) is 1.77. The molecule has 3 rings (SSSR count). The minimum Gasteiger partial charge on any atom is -0.497 e. The van der Waals surface area contributed by atoms with Crippen molar-refractivity contribution in [3.8, 4) is 22.8 Å². The molecule has 3 aromatic rings. The summed E-state index contributed by atoms with van der Waals surface area (Å²) < 4.78 is 10.7. The average molecular weight is 398 g/mol. The molecule has 144 valence electrons. The zero-order valence-corrected chi connectivity index (χ0v) is 16.3. The van der Waals surface area contributed by atoms with Crippen molar-refractivity contribution in [2.45, 2.75) is 6.92 Å². The second-order valence-electron chi connectivity index (χ2n) is 5.72. The molecule has 0 radical (unpaired) electrons. The highest BCUT2D eigenvalue weighted by Gasteiger charge is 2.12. The maximum atomic E-state index is 10.9. The van der Waals surface area contributed by atoms with E-state index >= 15 is 0 Å². The fourth-order valence-electron chi connectivity index (χ4n) is 2.50. The number of benzene rings is 2. The van der Waals surface area contributed by atoms with Gasteiger partial charge in [-0.25, -0.2) is 4.98 Å². The predicted molar refractivity (Wildman–Crippen MR) is 110 cm³/mol. The van der Waals surface area contributed by atoms with Gasteiger partial charge in [-0.1, -0.05) is 12.1 Å². The molecule has 0 atom stereocenters. The quantitative estimate of drug-likeness (QED) is 0.355. The lowest BCUT2D eigenvalue weighted by atomic mass is 10.1. The molecule has 0 aliphatic heterocycles. The number of hydrazone groups is 1. The summed E-state index contributed by atoms with van der Waals surface area (Å²) in [7, 11) is 3.20. The lowest BCUT2D eigenvalue weighted by Crippen LogP contribution is -2.00. The van der Waals surface area contributed by atoms with Gasteiger partial charge in [0, 0.05) is 28.6 Å². The number of methoxy groups -OCH3 is 2. The maximum Gasteiger partial charge on any atom is 0.270 e. The minimum absolute atomic E-state index is 0.0219. The summed E-state index contributed by atoms with van der Waals surface area (Å²) in [5.41, 5.74) is 5.73. The van der Waals surface area contributed by atoms with Crippen molar-refractivity contribution in [2.75, 3.05) is 19.6 Å². The van der Waals surface area contributed by atoms with E-state index in [4.69, 9.17) is 9.47 Å². The van der Waals surface area contributed by atoms with Crippen LogP contribution in [-0.4, -0.2) is 29.8 Å². The van der Waals surface area contributed by atoms with Crippen LogP contribution in [0.25, 0.3) is 11.3 Å². The fourth-order valence-corrected chi connectivity index (χ4v) is 3.16. The Morgan fingerprint density at radius 3 is 2.75 bits per heavy atom. The highest BCUT2D eigenvalue weighted by atomic mass is 32.1. The zero-order chi connectivity index (χ0) is 20.1. The van der Waals surface area contributed by atoms with E-state index in [1.807, 2.05) is 23.6 Å². The Kier molecular flexibility index (Phi) is 5.85. The van der Waals surface area contributed by atoms with Crippen LogP contribution in [0.4, 0.5) is 10.8 Å². The van der Waals surface area contributed by atoms with E-state index in [-0.39, 0.29) is 5.69 Å². The number of hydrogen-bond donors (Lipinski definition) is 1. The van der Waals surface area contributed by atoms with E-state index in [1.165, 1.54) is 23.5 Å². The first-order valence-electron chi connectivity index (χ1n) is 8.25. The lowest BCUT2D eigenvalue weighted by molar-refractivity contribution is -0.384. The Bertz CT molecular complexity index is 1030. The molecular formula is C19H18N4O4S. The Labute approximate surface area is 165 Å². The Morgan fingerprint density at radius 2 is 2.04 bits per heavy atom. The van der Waals surface area contributed by atoms with Crippen LogP contribution in [0, 0.1) is 10.1 Å². The van der Waals surface area contributed by atoms with Gasteiger partial charge in [0.05, 0.1) is 30.5 Å². The average Bonchev–Trinajstić information content (AvgIpc) is 3.20. The molecular weight excluding hydrogens is 380 g/mol. The molecule has 0 amide bonds. The van der Waals surface area contributed by atoms with Crippen molar-refractivity contribution in [1.82, 2.24) is 4.98 Å². The first-order chi connectivity index (χ1) is 13.5. The second-order valence-corrected chi connectivity index (χ2v) is 6.58. The van der Waals surface area contributed by atoms with Crippen molar-refractivity contribution in [3.63, 3.8) is 0 Å². The SMILES string of the molecule is COc1ccc(OC)c(-c2csc(N/N=C(\C)c3cccc([N+](=O)[O-])c3)n2)c1. The Morgan fingerprint density at radius 1 is 1.21 bits per heavy atom. The third-order valence-corrected chi connectivity index (χ3v) is 4.73. The number of nitrogens with zero attached hydrogens (tertiary/aromatic N) is 3. The van der Waals surface area contributed by atoms with E-state index in [0.717, 1.165) is 11.3 Å². The van der Waals surface area contributed by atoms with E-state index in [2.05, 4.69) is 15.5 Å². The lowest BCUT2D eigenvalue weighted by Gasteiger charge is -2.08.